The average Bonchev–Trinajstić information content (AvgIpc) is 2.43. The van der Waals surface area contributed by atoms with Crippen LogP contribution < -0.4 is 0 Å². The fraction of sp³-hybridized carbons (Fsp3) is 0.643. The molecular formula is C14H21N3P2. The highest BCUT2D eigenvalue weighted by atomic mass is 31.1. The summed E-state index contributed by atoms with van der Waals surface area (Å²) in [6.45, 7) is 2.17. The standard InChI is InChI=1S/C14H21N3P2/c1-2-9-18(10-3-6-15)13-14-19(11-4-7-16)12-5-8-17/h13-14H,2-5,9-12H2,1H3/b14-13+. The lowest BCUT2D eigenvalue weighted by atomic mass is 10.5. The number of nitriles is 3. The fourth-order valence-corrected chi connectivity index (χ4v) is 5.87. The number of nitrogens with zero attached hydrogens (tertiary/aromatic N) is 3. The van der Waals surface area contributed by atoms with Crippen LogP contribution in [-0.4, -0.2) is 24.6 Å². The Morgan fingerprint density at radius 3 is 1.42 bits per heavy atom. The molecule has 1 unspecified atom stereocenters. The van der Waals surface area contributed by atoms with Gasteiger partial charge in [0.05, 0.1) is 18.2 Å². The lowest BCUT2D eigenvalue weighted by Crippen LogP contribution is -1.89. The second-order valence-electron chi connectivity index (χ2n) is 4.09. The molecule has 102 valence electrons. The van der Waals surface area contributed by atoms with Crippen molar-refractivity contribution < 1.29 is 0 Å². The summed E-state index contributed by atoms with van der Waals surface area (Å²) in [7, 11) is -0.505. The maximum atomic E-state index is 8.66. The monoisotopic (exact) mass is 293 g/mol. The van der Waals surface area contributed by atoms with Crippen LogP contribution in [0.3, 0.4) is 0 Å². The van der Waals surface area contributed by atoms with Crippen LogP contribution in [0.25, 0.3) is 0 Å². The van der Waals surface area contributed by atoms with Gasteiger partial charge in [-0.1, -0.05) is 40.8 Å². The van der Waals surface area contributed by atoms with Crippen LogP contribution in [0.2, 0.25) is 0 Å². The third-order valence-corrected chi connectivity index (χ3v) is 7.32. The van der Waals surface area contributed by atoms with E-state index >= 15 is 0 Å². The molecule has 0 amide bonds. The summed E-state index contributed by atoms with van der Waals surface area (Å²) < 4.78 is 0. The Morgan fingerprint density at radius 2 is 1.11 bits per heavy atom. The van der Waals surface area contributed by atoms with E-state index in [0.29, 0.717) is 19.3 Å². The van der Waals surface area contributed by atoms with Crippen molar-refractivity contribution in [1.29, 1.82) is 15.8 Å². The zero-order valence-corrected chi connectivity index (χ0v) is 13.3. The second kappa shape index (κ2) is 13.5. The highest BCUT2D eigenvalue weighted by Gasteiger charge is 2.06. The molecule has 3 nitrogen and oxygen atoms in total. The zero-order chi connectivity index (χ0) is 14.3. The predicted molar refractivity (Wildman–Crippen MR) is 83.4 cm³/mol. The highest BCUT2D eigenvalue weighted by molar-refractivity contribution is 7.64. The van der Waals surface area contributed by atoms with Gasteiger partial charge in [0.25, 0.3) is 0 Å². The normalized spacial score (nSPS) is 11.9. The van der Waals surface area contributed by atoms with E-state index in [2.05, 4.69) is 36.8 Å². The summed E-state index contributed by atoms with van der Waals surface area (Å²) in [6.07, 6.45) is 6.88. The first-order valence-corrected chi connectivity index (χ1v) is 10.1. The maximum Gasteiger partial charge on any atom is 0.0625 e. The van der Waals surface area contributed by atoms with Crippen molar-refractivity contribution in [2.24, 2.45) is 0 Å². The molecule has 19 heavy (non-hydrogen) atoms. The van der Waals surface area contributed by atoms with Gasteiger partial charge in [-0.25, -0.2) is 0 Å². The average molecular weight is 293 g/mol. The summed E-state index contributed by atoms with van der Waals surface area (Å²) in [4.78, 5) is 0. The quantitative estimate of drug-likeness (QED) is 0.554. The number of rotatable bonds is 10. The molecule has 5 heteroatoms. The lowest BCUT2D eigenvalue weighted by Gasteiger charge is -2.13. The Hall–Kier alpha value is -0.930. The van der Waals surface area contributed by atoms with Crippen LogP contribution >= 0.6 is 15.8 Å². The highest BCUT2D eigenvalue weighted by Crippen LogP contribution is 2.45. The van der Waals surface area contributed by atoms with Crippen molar-refractivity contribution in [3.05, 3.63) is 11.6 Å². The van der Waals surface area contributed by atoms with Crippen molar-refractivity contribution in [2.75, 3.05) is 24.6 Å². The summed E-state index contributed by atoms with van der Waals surface area (Å²) in [5.74, 6) is 4.54. The molecule has 0 aliphatic heterocycles. The van der Waals surface area contributed by atoms with Gasteiger partial charge in [-0.05, 0) is 24.6 Å². The minimum atomic E-state index is -0.323. The molecule has 0 saturated heterocycles. The smallest absolute Gasteiger partial charge is 0.0625 e. The van der Waals surface area contributed by atoms with Crippen molar-refractivity contribution >= 4 is 15.8 Å². The topological polar surface area (TPSA) is 71.4 Å². The van der Waals surface area contributed by atoms with E-state index in [1.165, 1.54) is 6.16 Å². The van der Waals surface area contributed by atoms with Crippen molar-refractivity contribution in [1.82, 2.24) is 0 Å². The first-order chi connectivity index (χ1) is 9.28. The summed E-state index contributed by atoms with van der Waals surface area (Å²) in [6, 6.07) is 6.58. The molecule has 0 aliphatic carbocycles. The molecule has 0 radical (unpaired) electrons. The van der Waals surface area contributed by atoms with E-state index < -0.39 is 0 Å². The van der Waals surface area contributed by atoms with Gasteiger partial charge in [0.15, 0.2) is 0 Å². The summed E-state index contributed by atoms with van der Waals surface area (Å²) in [5, 5.41) is 26.0. The Morgan fingerprint density at radius 1 is 0.737 bits per heavy atom. The number of hydrogen-bond acceptors (Lipinski definition) is 3. The van der Waals surface area contributed by atoms with Crippen molar-refractivity contribution in [3.8, 4) is 18.2 Å². The van der Waals surface area contributed by atoms with Gasteiger partial charge in [-0.15, -0.1) is 0 Å². The molecule has 0 fully saturated rings. The van der Waals surface area contributed by atoms with E-state index in [-0.39, 0.29) is 15.8 Å². The molecule has 0 heterocycles. The lowest BCUT2D eigenvalue weighted by molar-refractivity contribution is 1.09. The molecule has 0 aromatic heterocycles. The van der Waals surface area contributed by atoms with E-state index in [9.17, 15) is 0 Å². The first-order valence-electron chi connectivity index (χ1n) is 6.55. The first kappa shape index (κ1) is 18.1. The van der Waals surface area contributed by atoms with Crippen LogP contribution in [0, 0.1) is 34.0 Å². The Bertz CT molecular complexity index is 356. The van der Waals surface area contributed by atoms with E-state index in [4.69, 9.17) is 15.8 Å². The summed E-state index contributed by atoms with van der Waals surface area (Å²) in [5.41, 5.74) is 0. The largest absolute Gasteiger partial charge is 0.198 e. The molecule has 0 aromatic rings. The van der Waals surface area contributed by atoms with Crippen molar-refractivity contribution in [3.63, 3.8) is 0 Å². The molecule has 1 atom stereocenters. The minimum Gasteiger partial charge on any atom is -0.198 e. The van der Waals surface area contributed by atoms with Crippen LogP contribution in [0.15, 0.2) is 11.6 Å². The molecule has 0 aromatic carbocycles. The molecule has 0 saturated carbocycles. The fourth-order valence-electron chi connectivity index (χ4n) is 1.58. The van der Waals surface area contributed by atoms with E-state index in [1.54, 1.807) is 0 Å². The van der Waals surface area contributed by atoms with Crippen LogP contribution in [-0.2, 0) is 0 Å². The van der Waals surface area contributed by atoms with Gasteiger partial charge < -0.3 is 0 Å². The van der Waals surface area contributed by atoms with Gasteiger partial charge in [0.2, 0.25) is 0 Å². The van der Waals surface area contributed by atoms with Crippen LogP contribution in [0.5, 0.6) is 0 Å². The predicted octanol–water partition coefficient (Wildman–Crippen LogP) is 4.57. The minimum absolute atomic E-state index is 0.182. The third-order valence-electron chi connectivity index (χ3n) is 2.53. The van der Waals surface area contributed by atoms with E-state index in [0.717, 1.165) is 24.9 Å². The molecule has 0 bridgehead atoms. The Labute approximate surface area is 119 Å². The Balaban J connectivity index is 4.39. The van der Waals surface area contributed by atoms with Gasteiger partial charge in [0.1, 0.15) is 0 Å². The number of hydrogen-bond donors (Lipinski definition) is 0. The van der Waals surface area contributed by atoms with Gasteiger partial charge in [-0.2, -0.15) is 15.8 Å². The maximum absolute atomic E-state index is 8.66. The van der Waals surface area contributed by atoms with Gasteiger partial charge >= 0.3 is 0 Å². The summed E-state index contributed by atoms with van der Waals surface area (Å²) >= 11 is 0. The van der Waals surface area contributed by atoms with Crippen LogP contribution in [0.4, 0.5) is 0 Å². The Kier molecular flexibility index (Phi) is 12.8. The molecule has 0 N–H and O–H groups in total. The van der Waals surface area contributed by atoms with Crippen LogP contribution in [0.1, 0.15) is 32.6 Å². The van der Waals surface area contributed by atoms with E-state index in [1.807, 2.05) is 0 Å². The van der Waals surface area contributed by atoms with Crippen molar-refractivity contribution in [2.45, 2.75) is 32.6 Å². The molecule has 0 rings (SSSR count). The SMILES string of the molecule is CCCP(/C=C/P(CCC#N)CCC#N)CCC#N. The zero-order valence-electron chi connectivity index (χ0n) is 11.5. The van der Waals surface area contributed by atoms with Gasteiger partial charge in [-0.3, -0.25) is 0 Å². The van der Waals surface area contributed by atoms with Gasteiger partial charge in [0, 0.05) is 19.3 Å². The molecule has 0 spiro atoms. The second-order valence-corrected chi connectivity index (χ2v) is 8.83. The molecular weight excluding hydrogens is 272 g/mol. The third kappa shape index (κ3) is 10.7. The molecule has 0 aliphatic rings.